The van der Waals surface area contributed by atoms with Gasteiger partial charge in [-0.2, -0.15) is 0 Å². The second-order valence-electron chi connectivity index (χ2n) is 7.17. The Morgan fingerprint density at radius 3 is 2.74 bits per heavy atom. The molecule has 0 radical (unpaired) electrons. The average Bonchev–Trinajstić information content (AvgIpc) is 2.63. The van der Waals surface area contributed by atoms with Crippen molar-refractivity contribution in [1.29, 1.82) is 0 Å². The standard InChI is InChI=1S/C21H36O6/c1-3-4-7-10-16(22)13-14-19-17(18(23)15-21(26-2)27-19)11-8-5-6-9-12-20(24)25/h5,8,13-14,16-19,21-23H,3-4,6-7,9-12,15H2,1-2H3,(H,24,25)/b8-5-,14-13+/t16-,17-,18-,19+,21?/m0/s1. The molecule has 27 heavy (non-hydrogen) atoms. The van der Waals surface area contributed by atoms with Crippen LogP contribution >= 0.6 is 0 Å². The number of unbranched alkanes of at least 4 members (excludes halogenated alkanes) is 3. The lowest BCUT2D eigenvalue weighted by Gasteiger charge is -2.37. The average molecular weight is 385 g/mol. The van der Waals surface area contributed by atoms with Crippen molar-refractivity contribution in [2.45, 2.75) is 89.3 Å². The molecule has 5 atom stereocenters. The molecule has 3 N–H and O–H groups in total. The summed E-state index contributed by atoms with van der Waals surface area (Å²) in [5, 5.41) is 29.2. The lowest BCUT2D eigenvalue weighted by atomic mass is 9.87. The molecule has 1 unspecified atom stereocenters. The van der Waals surface area contributed by atoms with E-state index >= 15 is 0 Å². The Morgan fingerprint density at radius 2 is 2.07 bits per heavy atom. The molecule has 0 aliphatic carbocycles. The molecule has 0 aromatic rings. The highest BCUT2D eigenvalue weighted by atomic mass is 16.7. The maximum atomic E-state index is 10.5. The first-order chi connectivity index (χ1) is 13.0. The van der Waals surface area contributed by atoms with E-state index in [2.05, 4.69) is 6.92 Å². The largest absolute Gasteiger partial charge is 0.481 e. The van der Waals surface area contributed by atoms with Crippen LogP contribution in [0.5, 0.6) is 0 Å². The van der Waals surface area contributed by atoms with Gasteiger partial charge in [0.25, 0.3) is 0 Å². The molecule has 6 heteroatoms. The molecule has 156 valence electrons. The predicted molar refractivity (Wildman–Crippen MR) is 104 cm³/mol. The van der Waals surface area contributed by atoms with Crippen molar-refractivity contribution < 1.29 is 29.6 Å². The second-order valence-corrected chi connectivity index (χ2v) is 7.17. The Labute approximate surface area is 162 Å². The van der Waals surface area contributed by atoms with Gasteiger partial charge in [0.1, 0.15) is 0 Å². The summed E-state index contributed by atoms with van der Waals surface area (Å²) in [6, 6.07) is 0. The maximum Gasteiger partial charge on any atom is 0.303 e. The van der Waals surface area contributed by atoms with Crippen LogP contribution in [0.1, 0.15) is 64.7 Å². The third-order valence-corrected chi connectivity index (χ3v) is 4.88. The number of hydrogen-bond donors (Lipinski definition) is 3. The zero-order valence-corrected chi connectivity index (χ0v) is 16.6. The molecule has 0 spiro atoms. The molecule has 0 aromatic heterocycles. The SMILES string of the molecule is CCCCC[C@H](O)/C=C/[C@H]1OC(OC)C[C@H](O)[C@@H]1C/C=C\CCCC(=O)O. The fraction of sp³-hybridized carbons (Fsp3) is 0.762. The quantitative estimate of drug-likeness (QED) is 0.333. The number of ether oxygens (including phenoxy) is 2. The zero-order chi connectivity index (χ0) is 20.1. The molecule has 0 saturated carbocycles. The van der Waals surface area contributed by atoms with Crippen LogP contribution in [0.25, 0.3) is 0 Å². The Kier molecular flexibility index (Phi) is 12.3. The van der Waals surface area contributed by atoms with Crippen molar-refractivity contribution in [2.24, 2.45) is 5.92 Å². The van der Waals surface area contributed by atoms with Gasteiger partial charge in [0.15, 0.2) is 6.29 Å². The number of carbonyl (C=O) groups is 1. The van der Waals surface area contributed by atoms with E-state index in [1.807, 2.05) is 18.2 Å². The van der Waals surface area contributed by atoms with Crippen LogP contribution in [-0.2, 0) is 14.3 Å². The molecule has 1 aliphatic heterocycles. The van der Waals surface area contributed by atoms with Crippen LogP contribution < -0.4 is 0 Å². The van der Waals surface area contributed by atoms with Crippen molar-refractivity contribution in [3.63, 3.8) is 0 Å². The number of rotatable bonds is 13. The van der Waals surface area contributed by atoms with Gasteiger partial charge in [-0.05, 0) is 25.7 Å². The van der Waals surface area contributed by atoms with Crippen molar-refractivity contribution in [2.75, 3.05) is 7.11 Å². The van der Waals surface area contributed by atoms with Crippen LogP contribution in [0.2, 0.25) is 0 Å². The summed E-state index contributed by atoms with van der Waals surface area (Å²) in [5.41, 5.74) is 0. The summed E-state index contributed by atoms with van der Waals surface area (Å²) in [6.07, 6.45) is 12.1. The van der Waals surface area contributed by atoms with Gasteiger partial charge in [-0.3, -0.25) is 4.79 Å². The van der Waals surface area contributed by atoms with Gasteiger partial charge >= 0.3 is 5.97 Å². The molecule has 1 rings (SSSR count). The number of aliphatic carboxylic acids is 1. The third kappa shape index (κ3) is 10.1. The topological polar surface area (TPSA) is 96.2 Å². The first-order valence-corrected chi connectivity index (χ1v) is 10.1. The van der Waals surface area contributed by atoms with E-state index in [0.717, 1.165) is 25.7 Å². The number of hydrogen-bond acceptors (Lipinski definition) is 5. The van der Waals surface area contributed by atoms with Crippen LogP contribution in [0.15, 0.2) is 24.3 Å². The van der Waals surface area contributed by atoms with Crippen LogP contribution in [0.4, 0.5) is 0 Å². The minimum atomic E-state index is -0.784. The summed E-state index contributed by atoms with van der Waals surface area (Å²) < 4.78 is 11.2. The highest BCUT2D eigenvalue weighted by Crippen LogP contribution is 2.30. The van der Waals surface area contributed by atoms with E-state index < -0.39 is 24.5 Å². The number of allylic oxidation sites excluding steroid dienone is 2. The number of carboxylic acids is 1. The first-order valence-electron chi connectivity index (χ1n) is 10.1. The minimum Gasteiger partial charge on any atom is -0.481 e. The maximum absolute atomic E-state index is 10.5. The molecule has 1 fully saturated rings. The highest BCUT2D eigenvalue weighted by Gasteiger charge is 2.35. The van der Waals surface area contributed by atoms with Gasteiger partial charge in [-0.15, -0.1) is 0 Å². The molecule has 1 saturated heterocycles. The van der Waals surface area contributed by atoms with Crippen molar-refractivity contribution in [1.82, 2.24) is 0 Å². The predicted octanol–water partition coefficient (Wildman–Crippen LogP) is 3.42. The normalized spacial score (nSPS) is 27.4. The van der Waals surface area contributed by atoms with Gasteiger partial charge in [0, 0.05) is 25.9 Å². The monoisotopic (exact) mass is 384 g/mol. The molecule has 1 aliphatic rings. The molecule has 6 nitrogen and oxygen atoms in total. The van der Waals surface area contributed by atoms with E-state index in [1.54, 1.807) is 13.2 Å². The van der Waals surface area contributed by atoms with Gasteiger partial charge < -0.3 is 24.8 Å². The van der Waals surface area contributed by atoms with E-state index in [-0.39, 0.29) is 18.4 Å². The molecular weight excluding hydrogens is 348 g/mol. The summed E-state index contributed by atoms with van der Waals surface area (Å²) in [7, 11) is 1.56. The van der Waals surface area contributed by atoms with Gasteiger partial charge in [0.05, 0.1) is 18.3 Å². The van der Waals surface area contributed by atoms with Gasteiger partial charge in [-0.1, -0.05) is 50.5 Å². The zero-order valence-electron chi connectivity index (χ0n) is 16.6. The lowest BCUT2D eigenvalue weighted by Crippen LogP contribution is -2.44. The molecular formula is C21H36O6. The smallest absolute Gasteiger partial charge is 0.303 e. The Morgan fingerprint density at radius 1 is 1.30 bits per heavy atom. The third-order valence-electron chi connectivity index (χ3n) is 4.88. The van der Waals surface area contributed by atoms with Crippen LogP contribution in [0, 0.1) is 5.92 Å². The van der Waals surface area contributed by atoms with Crippen LogP contribution in [-0.4, -0.2) is 53.0 Å². The summed E-state index contributed by atoms with van der Waals surface area (Å²) >= 11 is 0. The van der Waals surface area contributed by atoms with Crippen LogP contribution in [0.3, 0.4) is 0 Å². The van der Waals surface area contributed by atoms with Crippen molar-refractivity contribution in [3.05, 3.63) is 24.3 Å². The van der Waals surface area contributed by atoms with Gasteiger partial charge in [0.2, 0.25) is 0 Å². The van der Waals surface area contributed by atoms with E-state index in [1.165, 1.54) is 0 Å². The molecule has 0 amide bonds. The number of aliphatic hydroxyl groups is 2. The van der Waals surface area contributed by atoms with E-state index in [9.17, 15) is 15.0 Å². The van der Waals surface area contributed by atoms with Gasteiger partial charge in [-0.25, -0.2) is 0 Å². The number of aliphatic hydroxyl groups excluding tert-OH is 2. The second kappa shape index (κ2) is 13.9. The molecule has 0 aromatic carbocycles. The van der Waals surface area contributed by atoms with E-state index in [0.29, 0.717) is 25.7 Å². The van der Waals surface area contributed by atoms with Crippen molar-refractivity contribution in [3.8, 4) is 0 Å². The number of methoxy groups -OCH3 is 1. The minimum absolute atomic E-state index is 0.119. The Bertz CT molecular complexity index is 462. The Hall–Kier alpha value is -1.21. The Balaban J connectivity index is 2.58. The first kappa shape index (κ1) is 23.8. The van der Waals surface area contributed by atoms with Crippen molar-refractivity contribution >= 4 is 5.97 Å². The summed E-state index contributed by atoms with van der Waals surface area (Å²) in [4.78, 5) is 10.5. The summed E-state index contributed by atoms with van der Waals surface area (Å²) in [6.45, 7) is 2.13. The fourth-order valence-corrected chi connectivity index (χ4v) is 3.23. The lowest BCUT2D eigenvalue weighted by molar-refractivity contribution is -0.212. The molecule has 0 bridgehead atoms. The van der Waals surface area contributed by atoms with E-state index in [4.69, 9.17) is 14.6 Å². The fourth-order valence-electron chi connectivity index (χ4n) is 3.23. The highest BCUT2D eigenvalue weighted by molar-refractivity contribution is 5.66. The molecule has 1 heterocycles. The number of carboxylic acid groups (broad SMARTS) is 1. The summed E-state index contributed by atoms with van der Waals surface area (Å²) in [5.74, 6) is -0.904.